The first-order chi connectivity index (χ1) is 8.20. The Balaban J connectivity index is 2.10. The number of anilines is 1. The van der Waals surface area contributed by atoms with Crippen LogP contribution in [0.1, 0.15) is 15.2 Å². The van der Waals surface area contributed by atoms with Crippen LogP contribution in [0.5, 0.6) is 0 Å². The largest absolute Gasteiger partial charge is 0.321 e. The minimum Gasteiger partial charge on any atom is -0.321 e. The average Bonchev–Trinajstić information content (AvgIpc) is 2.76. The lowest BCUT2D eigenvalue weighted by Crippen LogP contribution is -2.11. The molecule has 2 nitrogen and oxygen atoms in total. The molecule has 1 amide bonds. The van der Waals surface area contributed by atoms with Crippen LogP contribution < -0.4 is 5.32 Å². The van der Waals surface area contributed by atoms with Crippen LogP contribution in [0.4, 0.5) is 5.69 Å². The summed E-state index contributed by atoms with van der Waals surface area (Å²) in [4.78, 5) is 13.9. The van der Waals surface area contributed by atoms with Gasteiger partial charge < -0.3 is 5.32 Å². The van der Waals surface area contributed by atoms with Crippen molar-refractivity contribution in [2.24, 2.45) is 0 Å². The predicted octanol–water partition coefficient (Wildman–Crippen LogP) is 4.03. The summed E-state index contributed by atoms with van der Waals surface area (Å²) in [6.45, 7) is 1.95. The van der Waals surface area contributed by atoms with Crippen molar-refractivity contribution in [3.8, 4) is 0 Å². The summed E-state index contributed by atoms with van der Waals surface area (Å²) < 4.78 is 0. The molecular formula is C13H13NOS2. The Labute approximate surface area is 109 Å². The molecule has 4 heteroatoms. The van der Waals surface area contributed by atoms with E-state index in [9.17, 15) is 4.79 Å². The third kappa shape index (κ3) is 2.90. The zero-order valence-electron chi connectivity index (χ0n) is 9.69. The molecule has 0 fully saturated rings. The molecule has 0 aliphatic heterocycles. The van der Waals surface area contributed by atoms with E-state index in [4.69, 9.17) is 0 Å². The number of carbonyl (C=O) groups is 1. The van der Waals surface area contributed by atoms with Crippen LogP contribution in [0.25, 0.3) is 0 Å². The highest BCUT2D eigenvalue weighted by atomic mass is 32.2. The van der Waals surface area contributed by atoms with Gasteiger partial charge in [-0.1, -0.05) is 0 Å². The molecule has 1 aromatic heterocycles. The van der Waals surface area contributed by atoms with E-state index < -0.39 is 0 Å². The Hall–Kier alpha value is -1.26. The summed E-state index contributed by atoms with van der Waals surface area (Å²) in [5, 5.41) is 4.83. The van der Waals surface area contributed by atoms with Crippen molar-refractivity contribution in [2.75, 3.05) is 11.6 Å². The number of rotatable bonds is 3. The summed E-state index contributed by atoms with van der Waals surface area (Å²) in [6.07, 6.45) is 2.03. The van der Waals surface area contributed by atoms with Crippen molar-refractivity contribution in [1.82, 2.24) is 0 Å². The first-order valence-electron chi connectivity index (χ1n) is 5.20. The van der Waals surface area contributed by atoms with E-state index >= 15 is 0 Å². The first kappa shape index (κ1) is 12.2. The number of nitrogens with one attached hydrogen (secondary N) is 1. The Kier molecular flexibility index (Phi) is 3.86. The lowest BCUT2D eigenvalue weighted by atomic mass is 10.2. The number of aryl methyl sites for hydroxylation is 1. The number of amides is 1. The van der Waals surface area contributed by atoms with Crippen molar-refractivity contribution in [1.29, 1.82) is 0 Å². The number of thiophene rings is 1. The minimum atomic E-state index is -0.0330. The molecule has 1 heterocycles. The Morgan fingerprint density at radius 1 is 1.24 bits per heavy atom. The van der Waals surface area contributed by atoms with Gasteiger partial charge in [-0.3, -0.25) is 4.79 Å². The molecule has 0 atom stereocenters. The summed E-state index contributed by atoms with van der Waals surface area (Å²) in [5.74, 6) is -0.0330. The van der Waals surface area contributed by atoms with Crippen molar-refractivity contribution >= 4 is 34.7 Å². The maximum atomic E-state index is 11.9. The van der Waals surface area contributed by atoms with Gasteiger partial charge in [0, 0.05) is 10.6 Å². The number of carbonyl (C=O) groups excluding carboxylic acids is 1. The van der Waals surface area contributed by atoms with Crippen molar-refractivity contribution in [2.45, 2.75) is 11.8 Å². The lowest BCUT2D eigenvalue weighted by Gasteiger charge is -2.05. The predicted molar refractivity (Wildman–Crippen MR) is 75.2 cm³/mol. The van der Waals surface area contributed by atoms with Crippen LogP contribution in [0.2, 0.25) is 0 Å². The summed E-state index contributed by atoms with van der Waals surface area (Å²) in [6, 6.07) is 9.80. The standard InChI is InChI=1S/C13H13NOS2/c1-9-7-8-17-12(9)13(15)14-10-3-5-11(16-2)6-4-10/h3-8H,1-2H3,(H,14,15). The average molecular weight is 263 g/mol. The SMILES string of the molecule is CSc1ccc(NC(=O)c2sccc2C)cc1. The highest BCUT2D eigenvalue weighted by molar-refractivity contribution is 7.98. The fourth-order valence-corrected chi connectivity index (χ4v) is 2.70. The molecule has 88 valence electrons. The molecule has 0 unspecified atom stereocenters. The number of hydrogen-bond acceptors (Lipinski definition) is 3. The molecule has 0 saturated heterocycles. The number of thioether (sulfide) groups is 1. The van der Waals surface area contributed by atoms with Gasteiger partial charge in [-0.25, -0.2) is 0 Å². The van der Waals surface area contributed by atoms with E-state index in [0.29, 0.717) is 0 Å². The minimum absolute atomic E-state index is 0.0330. The van der Waals surface area contributed by atoms with Gasteiger partial charge in [0.15, 0.2) is 0 Å². The van der Waals surface area contributed by atoms with E-state index in [2.05, 4.69) is 5.32 Å². The van der Waals surface area contributed by atoms with E-state index in [1.165, 1.54) is 16.2 Å². The molecule has 2 rings (SSSR count). The number of benzene rings is 1. The van der Waals surface area contributed by atoms with Gasteiger partial charge in [0.2, 0.25) is 0 Å². The van der Waals surface area contributed by atoms with Gasteiger partial charge in [-0.15, -0.1) is 23.1 Å². The third-order valence-electron chi connectivity index (χ3n) is 2.42. The third-order valence-corrected chi connectivity index (χ3v) is 4.18. The summed E-state index contributed by atoms with van der Waals surface area (Å²) in [5.41, 5.74) is 1.86. The fourth-order valence-electron chi connectivity index (χ4n) is 1.47. The Morgan fingerprint density at radius 3 is 2.47 bits per heavy atom. The molecule has 0 aliphatic rings. The van der Waals surface area contributed by atoms with Crippen molar-refractivity contribution in [3.05, 3.63) is 46.2 Å². The van der Waals surface area contributed by atoms with Crippen molar-refractivity contribution in [3.63, 3.8) is 0 Å². The van der Waals surface area contributed by atoms with E-state index in [1.54, 1.807) is 11.8 Å². The maximum Gasteiger partial charge on any atom is 0.265 e. The molecule has 0 saturated carbocycles. The second-order valence-corrected chi connectivity index (χ2v) is 5.41. The molecule has 17 heavy (non-hydrogen) atoms. The molecule has 2 aromatic rings. The zero-order valence-corrected chi connectivity index (χ0v) is 11.3. The Bertz CT molecular complexity index is 516. The maximum absolute atomic E-state index is 11.9. The monoisotopic (exact) mass is 263 g/mol. The van der Waals surface area contributed by atoms with Crippen LogP contribution in [-0.4, -0.2) is 12.2 Å². The highest BCUT2D eigenvalue weighted by Crippen LogP contribution is 2.20. The highest BCUT2D eigenvalue weighted by Gasteiger charge is 2.10. The number of hydrogen-bond donors (Lipinski definition) is 1. The second-order valence-electron chi connectivity index (χ2n) is 3.62. The molecular weight excluding hydrogens is 250 g/mol. The van der Waals surface area contributed by atoms with Crippen LogP contribution in [0, 0.1) is 6.92 Å². The summed E-state index contributed by atoms with van der Waals surface area (Å²) >= 11 is 3.15. The molecule has 0 aliphatic carbocycles. The lowest BCUT2D eigenvalue weighted by molar-refractivity contribution is 0.103. The normalized spacial score (nSPS) is 10.2. The molecule has 0 spiro atoms. The van der Waals surface area contributed by atoms with Gasteiger partial charge in [-0.05, 0) is 54.5 Å². The molecule has 1 aromatic carbocycles. The second kappa shape index (κ2) is 5.38. The van der Waals surface area contributed by atoms with Crippen LogP contribution in [-0.2, 0) is 0 Å². The van der Waals surface area contributed by atoms with E-state index in [1.807, 2.05) is 48.9 Å². The smallest absolute Gasteiger partial charge is 0.265 e. The van der Waals surface area contributed by atoms with Crippen LogP contribution in [0.15, 0.2) is 40.6 Å². The van der Waals surface area contributed by atoms with E-state index in [0.717, 1.165) is 16.1 Å². The quantitative estimate of drug-likeness (QED) is 0.847. The van der Waals surface area contributed by atoms with Crippen LogP contribution >= 0.6 is 23.1 Å². The van der Waals surface area contributed by atoms with Crippen molar-refractivity contribution < 1.29 is 4.79 Å². The van der Waals surface area contributed by atoms with Gasteiger partial charge in [0.05, 0.1) is 4.88 Å². The molecule has 1 N–H and O–H groups in total. The first-order valence-corrected chi connectivity index (χ1v) is 7.30. The topological polar surface area (TPSA) is 29.1 Å². The van der Waals surface area contributed by atoms with Gasteiger partial charge in [0.1, 0.15) is 0 Å². The van der Waals surface area contributed by atoms with Gasteiger partial charge >= 0.3 is 0 Å². The van der Waals surface area contributed by atoms with Gasteiger partial charge in [0.25, 0.3) is 5.91 Å². The zero-order chi connectivity index (χ0) is 12.3. The van der Waals surface area contributed by atoms with Gasteiger partial charge in [-0.2, -0.15) is 0 Å². The molecule has 0 radical (unpaired) electrons. The van der Waals surface area contributed by atoms with Crippen LogP contribution in [0.3, 0.4) is 0 Å². The summed E-state index contributed by atoms with van der Waals surface area (Å²) in [7, 11) is 0. The van der Waals surface area contributed by atoms with E-state index in [-0.39, 0.29) is 5.91 Å². The Morgan fingerprint density at radius 2 is 1.94 bits per heavy atom. The fraction of sp³-hybridized carbons (Fsp3) is 0.154. The molecule has 0 bridgehead atoms.